The average Bonchev–Trinajstić information content (AvgIpc) is 3.05. The molecule has 6 nitrogen and oxygen atoms in total. The minimum Gasteiger partial charge on any atom is -0.481 e. The van der Waals surface area contributed by atoms with Crippen molar-refractivity contribution < 1.29 is 28.7 Å². The third kappa shape index (κ3) is 13.6. The van der Waals surface area contributed by atoms with Crippen LogP contribution in [0.25, 0.3) is 0 Å². The van der Waals surface area contributed by atoms with E-state index in [0.717, 1.165) is 24.8 Å². The van der Waals surface area contributed by atoms with Crippen molar-refractivity contribution in [3.8, 4) is 0 Å². The van der Waals surface area contributed by atoms with Gasteiger partial charge in [-0.1, -0.05) is 56.2 Å². The van der Waals surface area contributed by atoms with Crippen LogP contribution in [0.3, 0.4) is 0 Å². The van der Waals surface area contributed by atoms with Crippen LogP contribution in [0.15, 0.2) is 48.1 Å². The highest BCUT2D eigenvalue weighted by Gasteiger charge is 2.24. The molecule has 0 radical (unpaired) electrons. The zero-order valence-electron chi connectivity index (χ0n) is 20.8. The van der Waals surface area contributed by atoms with Gasteiger partial charge in [0.15, 0.2) is 11.9 Å². The summed E-state index contributed by atoms with van der Waals surface area (Å²) in [6.45, 7) is 2.64. The Morgan fingerprint density at radius 1 is 1.12 bits per heavy atom. The maximum Gasteiger partial charge on any atom is 0.307 e. The lowest BCUT2D eigenvalue weighted by Gasteiger charge is -2.28. The Hall–Kier alpha value is -2.47. The van der Waals surface area contributed by atoms with Crippen LogP contribution in [-0.2, 0) is 19.1 Å². The molecule has 1 N–H and O–H groups in total. The number of esters is 1. The van der Waals surface area contributed by atoms with Crippen LogP contribution in [0.2, 0.25) is 0 Å². The van der Waals surface area contributed by atoms with E-state index in [9.17, 15) is 14.4 Å². The maximum absolute atomic E-state index is 12.1. The van der Waals surface area contributed by atoms with E-state index in [4.69, 9.17) is 9.84 Å². The van der Waals surface area contributed by atoms with Crippen LogP contribution in [0.5, 0.6) is 0 Å². The predicted octanol–water partition coefficient (Wildman–Crippen LogP) is 5.01. The van der Waals surface area contributed by atoms with Gasteiger partial charge in [0.2, 0.25) is 0 Å². The van der Waals surface area contributed by atoms with Gasteiger partial charge < -0.3 is 14.3 Å². The number of hydrogen-bond acceptors (Lipinski definition) is 4. The van der Waals surface area contributed by atoms with Crippen molar-refractivity contribution in [1.29, 1.82) is 0 Å². The molecule has 184 valence electrons. The number of carboxylic acids is 1. The van der Waals surface area contributed by atoms with Crippen LogP contribution in [0.4, 0.5) is 0 Å². The molecule has 0 saturated heterocycles. The molecule has 0 amide bonds. The van der Waals surface area contributed by atoms with Gasteiger partial charge in [-0.3, -0.25) is 14.4 Å². The first-order chi connectivity index (χ1) is 15.6. The second-order valence-corrected chi connectivity index (χ2v) is 9.66. The number of carboxylic acid groups (broad SMARTS) is 1. The first kappa shape index (κ1) is 28.6. The van der Waals surface area contributed by atoms with Gasteiger partial charge in [-0.05, 0) is 38.2 Å². The zero-order chi connectivity index (χ0) is 24.7. The normalized spacial score (nSPS) is 18.6. The lowest BCUT2D eigenvalue weighted by Crippen LogP contribution is -2.43. The van der Waals surface area contributed by atoms with Gasteiger partial charge in [-0.2, -0.15) is 0 Å². The molecule has 0 aromatic rings. The highest BCUT2D eigenvalue weighted by molar-refractivity contribution is 6.07. The summed E-state index contributed by atoms with van der Waals surface area (Å²) in [7, 11) is 5.81. The Balaban J connectivity index is 2.38. The summed E-state index contributed by atoms with van der Waals surface area (Å²) >= 11 is 0. The molecule has 0 saturated carbocycles. The molecule has 6 heteroatoms. The Bertz CT molecular complexity index is 755. The van der Waals surface area contributed by atoms with E-state index < -0.39 is 12.1 Å². The minimum atomic E-state index is -0.968. The summed E-state index contributed by atoms with van der Waals surface area (Å²) in [5.41, 5.74) is 0.830. The Labute approximate surface area is 199 Å². The predicted molar refractivity (Wildman–Crippen MR) is 132 cm³/mol. The monoisotopic (exact) mass is 460 g/mol. The Kier molecular flexibility index (Phi) is 13.3. The molecule has 2 unspecified atom stereocenters. The van der Waals surface area contributed by atoms with Crippen molar-refractivity contribution in [1.82, 2.24) is 0 Å². The molecule has 0 fully saturated rings. The molecular formula is C27H42NO5+. The van der Waals surface area contributed by atoms with Crippen LogP contribution < -0.4 is 0 Å². The second-order valence-electron chi connectivity index (χ2n) is 9.66. The number of unbranched alkanes of at least 4 members (excludes halogenated alkanes) is 4. The van der Waals surface area contributed by atoms with E-state index in [1.165, 1.54) is 19.3 Å². The van der Waals surface area contributed by atoms with Crippen LogP contribution in [-0.4, -0.2) is 61.1 Å². The number of allylic oxidation sites excluding steroid dienone is 8. The lowest BCUT2D eigenvalue weighted by atomic mass is 9.97. The molecule has 33 heavy (non-hydrogen) atoms. The van der Waals surface area contributed by atoms with E-state index in [0.29, 0.717) is 17.4 Å². The van der Waals surface area contributed by atoms with E-state index in [-0.39, 0.29) is 30.5 Å². The Morgan fingerprint density at radius 2 is 1.85 bits per heavy atom. The fourth-order valence-corrected chi connectivity index (χ4v) is 3.70. The number of carbonyl (C=O) groups excluding carboxylic acids is 2. The number of carbonyl (C=O) groups is 3. The largest absolute Gasteiger partial charge is 0.481 e. The standard InChI is InChI=1S/C27H41NO5/c1-5-6-7-8-9-13-16-24-22(18-19-25(24)29)15-12-10-11-14-17-27(32)33-23(20-26(30)31)21-28(2,3)4/h9-10,12-13,16,18-19,22-23H,5-8,11,14-15,17,20-21H2,1-4H3/p+1/b12-10+,13-9+,24-16-. The van der Waals surface area contributed by atoms with Gasteiger partial charge in [0.1, 0.15) is 6.54 Å². The molecule has 1 aliphatic rings. The molecule has 0 aromatic heterocycles. The number of hydrogen-bond donors (Lipinski definition) is 1. The van der Waals surface area contributed by atoms with Crippen LogP contribution in [0, 0.1) is 5.92 Å². The van der Waals surface area contributed by atoms with Crippen molar-refractivity contribution >= 4 is 17.7 Å². The number of ether oxygens (including phenoxy) is 1. The quantitative estimate of drug-likeness (QED) is 0.115. The molecule has 0 spiro atoms. The molecule has 0 aliphatic heterocycles. The number of rotatable bonds is 16. The number of likely N-dealkylation sites (N-methyl/N-ethyl adjacent to an activating group) is 1. The average molecular weight is 461 g/mol. The van der Waals surface area contributed by atoms with Crippen molar-refractivity contribution in [2.75, 3.05) is 27.7 Å². The maximum atomic E-state index is 12.1. The number of aliphatic carboxylic acids is 1. The number of quaternary nitrogens is 1. The molecule has 0 bridgehead atoms. The van der Waals surface area contributed by atoms with Gasteiger partial charge >= 0.3 is 11.9 Å². The molecule has 0 aromatic carbocycles. The van der Waals surface area contributed by atoms with E-state index in [1.54, 1.807) is 6.08 Å². The fourth-order valence-electron chi connectivity index (χ4n) is 3.70. The molecular weight excluding hydrogens is 418 g/mol. The second kappa shape index (κ2) is 15.4. The van der Waals surface area contributed by atoms with Crippen molar-refractivity contribution in [3.05, 3.63) is 48.1 Å². The van der Waals surface area contributed by atoms with Crippen LogP contribution in [0.1, 0.15) is 64.7 Å². The van der Waals surface area contributed by atoms with Gasteiger partial charge in [0.25, 0.3) is 0 Å². The fraction of sp³-hybridized carbons (Fsp3) is 0.593. The smallest absolute Gasteiger partial charge is 0.307 e. The summed E-state index contributed by atoms with van der Waals surface area (Å²) < 4.78 is 5.92. The minimum absolute atomic E-state index is 0.0825. The number of nitrogens with zero attached hydrogens (tertiary/aromatic N) is 1. The van der Waals surface area contributed by atoms with Crippen molar-refractivity contribution in [2.45, 2.75) is 70.8 Å². The molecule has 1 rings (SSSR count). The lowest BCUT2D eigenvalue weighted by molar-refractivity contribution is -0.873. The third-order valence-corrected chi connectivity index (χ3v) is 5.31. The first-order valence-electron chi connectivity index (χ1n) is 12.1. The molecule has 2 atom stereocenters. The van der Waals surface area contributed by atoms with E-state index in [1.807, 2.05) is 45.4 Å². The summed E-state index contributed by atoms with van der Waals surface area (Å²) in [6.07, 6.45) is 20.0. The Morgan fingerprint density at radius 3 is 2.52 bits per heavy atom. The van der Waals surface area contributed by atoms with Gasteiger partial charge in [-0.15, -0.1) is 0 Å². The zero-order valence-corrected chi connectivity index (χ0v) is 20.8. The first-order valence-corrected chi connectivity index (χ1v) is 12.1. The number of ketones is 1. The van der Waals surface area contributed by atoms with E-state index in [2.05, 4.69) is 19.1 Å². The highest BCUT2D eigenvalue weighted by atomic mass is 16.5. The third-order valence-electron chi connectivity index (χ3n) is 5.31. The SMILES string of the molecule is CCCCC/C=C/C=C1\C(=O)C=CC1C/C=C/CCCC(=O)OC(CC(=O)O)C[N+](C)(C)C. The van der Waals surface area contributed by atoms with Crippen molar-refractivity contribution in [3.63, 3.8) is 0 Å². The summed E-state index contributed by atoms with van der Waals surface area (Å²) in [5.74, 6) is -1.14. The van der Waals surface area contributed by atoms with E-state index >= 15 is 0 Å². The topological polar surface area (TPSA) is 80.7 Å². The summed E-state index contributed by atoms with van der Waals surface area (Å²) in [6, 6.07) is 0. The summed E-state index contributed by atoms with van der Waals surface area (Å²) in [4.78, 5) is 35.3. The molecule has 0 heterocycles. The highest BCUT2D eigenvalue weighted by Crippen LogP contribution is 2.25. The van der Waals surface area contributed by atoms with Crippen molar-refractivity contribution in [2.24, 2.45) is 5.92 Å². The van der Waals surface area contributed by atoms with Gasteiger partial charge in [-0.25, -0.2) is 0 Å². The molecule has 1 aliphatic carbocycles. The van der Waals surface area contributed by atoms with Gasteiger partial charge in [0.05, 0.1) is 27.6 Å². The van der Waals surface area contributed by atoms with Crippen LogP contribution >= 0.6 is 0 Å². The van der Waals surface area contributed by atoms with Gasteiger partial charge in [0, 0.05) is 17.9 Å². The summed E-state index contributed by atoms with van der Waals surface area (Å²) in [5, 5.41) is 9.04.